The third-order valence-electron chi connectivity index (χ3n) is 3.19. The van der Waals surface area contributed by atoms with Crippen LogP contribution in [-0.4, -0.2) is 31.2 Å². The number of para-hydroxylation sites is 1. The molecule has 0 N–H and O–H groups in total. The first kappa shape index (κ1) is 12.3. The first-order chi connectivity index (χ1) is 9.34. The van der Waals surface area contributed by atoms with Gasteiger partial charge in [0.15, 0.2) is 0 Å². The van der Waals surface area contributed by atoms with Gasteiger partial charge in [-0.2, -0.15) is 4.68 Å². The van der Waals surface area contributed by atoms with Gasteiger partial charge in [0.25, 0.3) is 0 Å². The van der Waals surface area contributed by atoms with Crippen LogP contribution in [-0.2, 0) is 4.79 Å². The third-order valence-corrected chi connectivity index (χ3v) is 4.44. The molecule has 1 atom stereocenters. The molecule has 1 aliphatic carbocycles. The number of nitrogens with zero attached hydrogens (tertiary/aromatic N) is 4. The summed E-state index contributed by atoms with van der Waals surface area (Å²) in [6.07, 6.45) is 3.73. The van der Waals surface area contributed by atoms with Crippen LogP contribution in [0.4, 0.5) is 0 Å². The predicted octanol–water partition coefficient (Wildman–Crippen LogP) is 2.27. The minimum absolute atomic E-state index is 0.00205. The lowest BCUT2D eigenvalue weighted by atomic mass is 9.99. The van der Waals surface area contributed by atoms with Gasteiger partial charge in [-0.25, -0.2) is 0 Å². The van der Waals surface area contributed by atoms with E-state index >= 15 is 0 Å². The van der Waals surface area contributed by atoms with Crippen LogP contribution in [0.2, 0.25) is 0 Å². The number of benzene rings is 1. The highest BCUT2D eigenvalue weighted by molar-refractivity contribution is 8.00. The summed E-state index contributed by atoms with van der Waals surface area (Å²) in [5, 5.41) is 12.4. The Hall–Kier alpha value is -1.69. The maximum Gasteiger partial charge on any atom is 0.214 e. The van der Waals surface area contributed by atoms with E-state index in [2.05, 4.69) is 15.5 Å². The number of aromatic nitrogens is 4. The molecule has 0 spiro atoms. The molecule has 1 aromatic carbocycles. The van der Waals surface area contributed by atoms with Crippen LogP contribution < -0.4 is 0 Å². The summed E-state index contributed by atoms with van der Waals surface area (Å²) < 4.78 is 1.69. The van der Waals surface area contributed by atoms with Crippen LogP contribution in [0, 0.1) is 0 Å². The van der Waals surface area contributed by atoms with Crippen molar-refractivity contribution in [1.29, 1.82) is 0 Å². The number of hydrogen-bond donors (Lipinski definition) is 0. The van der Waals surface area contributed by atoms with Crippen LogP contribution in [0.1, 0.15) is 25.7 Å². The average molecular weight is 274 g/mol. The zero-order chi connectivity index (χ0) is 13.1. The second kappa shape index (κ2) is 5.52. The molecule has 0 aliphatic heterocycles. The number of hydrogen-bond acceptors (Lipinski definition) is 5. The molecule has 2 aromatic rings. The molecular formula is C13H14N4OS. The predicted molar refractivity (Wildman–Crippen MR) is 72.3 cm³/mol. The molecule has 1 aromatic heterocycles. The van der Waals surface area contributed by atoms with Gasteiger partial charge in [-0.1, -0.05) is 36.4 Å². The highest BCUT2D eigenvalue weighted by Gasteiger charge is 2.25. The number of carbonyl (C=O) groups excluding carboxylic acids is 1. The van der Waals surface area contributed by atoms with E-state index in [1.165, 1.54) is 11.8 Å². The maximum atomic E-state index is 11.9. The van der Waals surface area contributed by atoms with E-state index < -0.39 is 0 Å². The van der Waals surface area contributed by atoms with Crippen molar-refractivity contribution in [1.82, 2.24) is 20.2 Å². The van der Waals surface area contributed by atoms with Gasteiger partial charge in [-0.15, -0.1) is 5.10 Å². The van der Waals surface area contributed by atoms with E-state index in [1.54, 1.807) is 4.68 Å². The molecule has 5 nitrogen and oxygen atoms in total. The van der Waals surface area contributed by atoms with Gasteiger partial charge in [-0.05, 0) is 35.4 Å². The molecule has 0 saturated heterocycles. The fourth-order valence-corrected chi connectivity index (χ4v) is 3.30. The SMILES string of the molecule is O=C1CCCC[C@H]1Sc1nnnn1-c1ccccc1. The van der Waals surface area contributed by atoms with Crippen molar-refractivity contribution in [2.24, 2.45) is 0 Å². The van der Waals surface area contributed by atoms with E-state index in [4.69, 9.17) is 0 Å². The first-order valence-corrected chi connectivity index (χ1v) is 7.26. The van der Waals surface area contributed by atoms with E-state index in [-0.39, 0.29) is 5.25 Å². The number of Topliss-reactive ketones (excluding diaryl/α,β-unsaturated/α-hetero) is 1. The summed E-state index contributed by atoms with van der Waals surface area (Å²) in [7, 11) is 0. The first-order valence-electron chi connectivity index (χ1n) is 6.38. The zero-order valence-corrected chi connectivity index (χ0v) is 11.2. The van der Waals surface area contributed by atoms with Gasteiger partial charge in [0.1, 0.15) is 5.78 Å². The van der Waals surface area contributed by atoms with Gasteiger partial charge in [0, 0.05) is 6.42 Å². The highest BCUT2D eigenvalue weighted by Crippen LogP contribution is 2.30. The number of rotatable bonds is 3. The standard InChI is InChI=1S/C13H14N4OS/c18-11-8-4-5-9-12(11)19-13-14-15-16-17(13)10-6-2-1-3-7-10/h1-3,6-7,12H,4-5,8-9H2/t12-/m1/s1. The van der Waals surface area contributed by atoms with E-state index in [0.29, 0.717) is 17.4 Å². The molecule has 0 radical (unpaired) electrons. The average Bonchev–Trinajstić information content (AvgIpc) is 2.91. The molecule has 1 aliphatic rings. The van der Waals surface area contributed by atoms with Crippen LogP contribution in [0.3, 0.4) is 0 Å². The summed E-state index contributed by atoms with van der Waals surface area (Å²) in [6, 6.07) is 9.73. The van der Waals surface area contributed by atoms with Crippen LogP contribution in [0.15, 0.2) is 35.5 Å². The Kier molecular flexibility index (Phi) is 3.59. The lowest BCUT2D eigenvalue weighted by molar-refractivity contribution is -0.119. The molecule has 19 heavy (non-hydrogen) atoms. The van der Waals surface area contributed by atoms with Crippen LogP contribution in [0.25, 0.3) is 5.69 Å². The summed E-state index contributed by atoms with van der Waals surface area (Å²) in [6.45, 7) is 0. The van der Waals surface area contributed by atoms with Crippen LogP contribution in [0.5, 0.6) is 0 Å². The molecule has 0 amide bonds. The van der Waals surface area contributed by atoms with E-state index in [0.717, 1.165) is 24.9 Å². The zero-order valence-electron chi connectivity index (χ0n) is 10.4. The largest absolute Gasteiger partial charge is 0.298 e. The number of ketones is 1. The quantitative estimate of drug-likeness (QED) is 0.859. The van der Waals surface area contributed by atoms with Crippen molar-refractivity contribution < 1.29 is 4.79 Å². The second-order valence-electron chi connectivity index (χ2n) is 4.53. The minimum Gasteiger partial charge on any atom is -0.298 e. The molecule has 1 heterocycles. The maximum absolute atomic E-state index is 11.9. The molecule has 1 fully saturated rings. The van der Waals surface area contributed by atoms with Crippen molar-refractivity contribution in [3.63, 3.8) is 0 Å². The number of tetrazole rings is 1. The number of carbonyl (C=O) groups is 1. The fourth-order valence-electron chi connectivity index (χ4n) is 2.19. The van der Waals surface area contributed by atoms with Crippen molar-refractivity contribution in [3.8, 4) is 5.69 Å². The van der Waals surface area contributed by atoms with Gasteiger partial charge < -0.3 is 0 Å². The Balaban J connectivity index is 1.82. The summed E-state index contributed by atoms with van der Waals surface area (Å²) in [4.78, 5) is 11.9. The Labute approximate surface area is 115 Å². The third kappa shape index (κ3) is 2.68. The molecule has 1 saturated carbocycles. The van der Waals surface area contributed by atoms with Gasteiger partial charge >= 0.3 is 0 Å². The van der Waals surface area contributed by atoms with Crippen LogP contribution >= 0.6 is 11.8 Å². The Morgan fingerprint density at radius 1 is 1.21 bits per heavy atom. The van der Waals surface area contributed by atoms with E-state index in [9.17, 15) is 4.79 Å². The van der Waals surface area contributed by atoms with E-state index in [1.807, 2.05) is 30.3 Å². The fraction of sp³-hybridized carbons (Fsp3) is 0.385. The lowest BCUT2D eigenvalue weighted by Gasteiger charge is -2.18. The molecular weight excluding hydrogens is 260 g/mol. The Morgan fingerprint density at radius 3 is 2.84 bits per heavy atom. The summed E-state index contributed by atoms with van der Waals surface area (Å²) >= 11 is 1.48. The smallest absolute Gasteiger partial charge is 0.214 e. The minimum atomic E-state index is 0.00205. The van der Waals surface area contributed by atoms with Crippen molar-refractivity contribution in [3.05, 3.63) is 30.3 Å². The molecule has 98 valence electrons. The summed E-state index contributed by atoms with van der Waals surface area (Å²) in [5.74, 6) is 0.318. The molecule has 6 heteroatoms. The number of thioether (sulfide) groups is 1. The lowest BCUT2D eigenvalue weighted by Crippen LogP contribution is -2.21. The molecule has 3 rings (SSSR count). The summed E-state index contributed by atoms with van der Waals surface area (Å²) in [5.41, 5.74) is 0.915. The molecule has 0 unspecified atom stereocenters. The Morgan fingerprint density at radius 2 is 2.05 bits per heavy atom. The normalized spacial score (nSPS) is 19.6. The van der Waals surface area contributed by atoms with Gasteiger partial charge in [-0.3, -0.25) is 4.79 Å². The van der Waals surface area contributed by atoms with Crippen molar-refractivity contribution >= 4 is 17.5 Å². The molecule has 0 bridgehead atoms. The second-order valence-corrected chi connectivity index (χ2v) is 5.70. The van der Waals surface area contributed by atoms with Crippen molar-refractivity contribution in [2.75, 3.05) is 0 Å². The van der Waals surface area contributed by atoms with Gasteiger partial charge in [0.05, 0.1) is 10.9 Å². The Bertz CT molecular complexity index is 569. The van der Waals surface area contributed by atoms with Gasteiger partial charge in [0.2, 0.25) is 5.16 Å². The highest BCUT2D eigenvalue weighted by atomic mass is 32.2. The van der Waals surface area contributed by atoms with Crippen molar-refractivity contribution in [2.45, 2.75) is 36.1 Å². The monoisotopic (exact) mass is 274 g/mol. The topological polar surface area (TPSA) is 60.7 Å².